The van der Waals surface area contributed by atoms with Crippen LogP contribution in [0.4, 0.5) is 0 Å². The van der Waals surface area contributed by atoms with E-state index >= 15 is 0 Å². The van der Waals surface area contributed by atoms with Gasteiger partial charge >= 0.3 is 5.97 Å². The molecule has 0 aromatic carbocycles. The number of hydrogen-bond acceptors (Lipinski definition) is 4. The van der Waals surface area contributed by atoms with E-state index in [1.54, 1.807) is 0 Å². The van der Waals surface area contributed by atoms with Crippen molar-refractivity contribution in [2.45, 2.75) is 57.7 Å². The number of ketones is 1. The monoisotopic (exact) mass is 278 g/mol. The van der Waals surface area contributed by atoms with E-state index in [2.05, 4.69) is 6.08 Å². The lowest BCUT2D eigenvalue weighted by atomic mass is 9.60. The SMILES string of the molecule is CCC1C(=O)CC2(C(O)C3C=CCCC3)C(=O)OC12C. The summed E-state index contributed by atoms with van der Waals surface area (Å²) in [7, 11) is 0. The van der Waals surface area contributed by atoms with Crippen LogP contribution < -0.4 is 0 Å². The minimum Gasteiger partial charge on any atom is -0.457 e. The van der Waals surface area contributed by atoms with Gasteiger partial charge in [-0.3, -0.25) is 9.59 Å². The summed E-state index contributed by atoms with van der Waals surface area (Å²) < 4.78 is 5.40. The Labute approximate surface area is 119 Å². The van der Waals surface area contributed by atoms with Gasteiger partial charge in [0.25, 0.3) is 0 Å². The molecule has 1 saturated carbocycles. The normalized spacial score (nSPS) is 44.8. The number of carbonyl (C=O) groups excluding carboxylic acids is 2. The Bertz CT molecular complexity index is 483. The van der Waals surface area contributed by atoms with Crippen molar-refractivity contribution in [2.75, 3.05) is 0 Å². The van der Waals surface area contributed by atoms with Gasteiger partial charge in [-0.2, -0.15) is 0 Å². The van der Waals surface area contributed by atoms with E-state index in [4.69, 9.17) is 4.74 Å². The molecule has 3 rings (SSSR count). The van der Waals surface area contributed by atoms with Crippen LogP contribution in [0.5, 0.6) is 0 Å². The Morgan fingerprint density at radius 3 is 2.80 bits per heavy atom. The number of rotatable bonds is 3. The van der Waals surface area contributed by atoms with Crippen LogP contribution in [0, 0.1) is 17.3 Å². The van der Waals surface area contributed by atoms with Crippen LogP contribution in [0.3, 0.4) is 0 Å². The van der Waals surface area contributed by atoms with Gasteiger partial charge in [-0.05, 0) is 32.6 Å². The van der Waals surface area contributed by atoms with Gasteiger partial charge in [-0.15, -0.1) is 0 Å². The molecular weight excluding hydrogens is 256 g/mol. The number of carbonyl (C=O) groups is 2. The first-order valence-corrected chi connectivity index (χ1v) is 7.58. The molecule has 20 heavy (non-hydrogen) atoms. The van der Waals surface area contributed by atoms with Crippen LogP contribution in [0.25, 0.3) is 0 Å². The Morgan fingerprint density at radius 1 is 1.50 bits per heavy atom. The number of aliphatic hydroxyl groups excluding tert-OH is 1. The van der Waals surface area contributed by atoms with E-state index in [1.807, 2.05) is 19.9 Å². The van der Waals surface area contributed by atoms with Gasteiger partial charge in [0.1, 0.15) is 16.8 Å². The summed E-state index contributed by atoms with van der Waals surface area (Å²) in [5.74, 6) is -0.655. The van der Waals surface area contributed by atoms with E-state index in [0.717, 1.165) is 19.3 Å². The highest BCUT2D eigenvalue weighted by atomic mass is 16.6. The zero-order valence-corrected chi connectivity index (χ0v) is 12.1. The van der Waals surface area contributed by atoms with Gasteiger partial charge in [-0.25, -0.2) is 0 Å². The average molecular weight is 278 g/mol. The lowest BCUT2D eigenvalue weighted by Crippen LogP contribution is -2.70. The van der Waals surface area contributed by atoms with Crippen LogP contribution in [0.2, 0.25) is 0 Å². The minimum atomic E-state index is -1.02. The molecule has 1 heterocycles. The first-order valence-electron chi connectivity index (χ1n) is 7.58. The van der Waals surface area contributed by atoms with E-state index in [1.165, 1.54) is 0 Å². The minimum absolute atomic E-state index is 0.0423. The number of hydrogen-bond donors (Lipinski definition) is 1. The van der Waals surface area contributed by atoms with Crippen molar-refractivity contribution in [2.24, 2.45) is 17.3 Å². The highest BCUT2D eigenvalue weighted by Crippen LogP contribution is 2.62. The number of aliphatic hydroxyl groups is 1. The number of Topliss-reactive ketones (excluding diaryl/α,β-unsaturated/α-hetero) is 1. The first-order chi connectivity index (χ1) is 9.47. The van der Waals surface area contributed by atoms with Gasteiger partial charge in [0.05, 0.1) is 12.0 Å². The van der Waals surface area contributed by atoms with E-state index in [9.17, 15) is 14.7 Å². The highest BCUT2D eigenvalue weighted by molar-refractivity contribution is 6.00. The molecule has 0 radical (unpaired) electrons. The van der Waals surface area contributed by atoms with Crippen LogP contribution >= 0.6 is 0 Å². The smallest absolute Gasteiger partial charge is 0.319 e. The highest BCUT2D eigenvalue weighted by Gasteiger charge is 2.78. The predicted octanol–water partition coefficient (Wildman–Crippen LogP) is 2.00. The van der Waals surface area contributed by atoms with E-state index < -0.39 is 23.1 Å². The molecule has 2 fully saturated rings. The van der Waals surface area contributed by atoms with Gasteiger partial charge in [0.2, 0.25) is 0 Å². The molecule has 0 aromatic heterocycles. The molecule has 5 atom stereocenters. The summed E-state index contributed by atoms with van der Waals surface area (Å²) in [5.41, 5.74) is -1.84. The fourth-order valence-corrected chi connectivity index (χ4v) is 4.47. The molecule has 1 aliphatic heterocycles. The third kappa shape index (κ3) is 1.46. The molecule has 1 saturated heterocycles. The first kappa shape index (κ1) is 13.8. The summed E-state index contributed by atoms with van der Waals surface area (Å²) in [6.45, 7) is 3.76. The fraction of sp³-hybridized carbons (Fsp3) is 0.750. The number of ether oxygens (including phenoxy) is 1. The van der Waals surface area contributed by atoms with Crippen LogP contribution in [-0.2, 0) is 14.3 Å². The molecule has 4 heteroatoms. The molecule has 0 amide bonds. The van der Waals surface area contributed by atoms with Crippen molar-refractivity contribution in [3.8, 4) is 0 Å². The summed E-state index contributed by atoms with van der Waals surface area (Å²) in [4.78, 5) is 24.4. The van der Waals surface area contributed by atoms with Crippen LogP contribution in [0.15, 0.2) is 12.2 Å². The molecule has 1 N–H and O–H groups in total. The Morgan fingerprint density at radius 2 is 2.25 bits per heavy atom. The molecule has 2 aliphatic carbocycles. The Balaban J connectivity index is 1.97. The van der Waals surface area contributed by atoms with Crippen LogP contribution in [0.1, 0.15) is 46.0 Å². The Kier molecular flexibility index (Phi) is 3.05. The topological polar surface area (TPSA) is 63.6 Å². The van der Waals surface area contributed by atoms with Crippen molar-refractivity contribution < 1.29 is 19.4 Å². The molecule has 0 bridgehead atoms. The second-order valence-corrected chi connectivity index (χ2v) is 6.54. The molecule has 110 valence electrons. The van der Waals surface area contributed by atoms with E-state index in [0.29, 0.717) is 6.42 Å². The zero-order valence-electron chi connectivity index (χ0n) is 12.1. The van der Waals surface area contributed by atoms with Crippen molar-refractivity contribution in [3.05, 3.63) is 12.2 Å². The maximum absolute atomic E-state index is 12.2. The van der Waals surface area contributed by atoms with E-state index in [-0.39, 0.29) is 24.0 Å². The summed E-state index contributed by atoms with van der Waals surface area (Å²) in [6.07, 6.45) is 6.94. The predicted molar refractivity (Wildman–Crippen MR) is 72.8 cm³/mol. The van der Waals surface area contributed by atoms with Gasteiger partial charge in [-0.1, -0.05) is 19.1 Å². The van der Waals surface area contributed by atoms with Gasteiger partial charge in [0.15, 0.2) is 0 Å². The lowest BCUT2D eigenvalue weighted by molar-refractivity contribution is -0.262. The van der Waals surface area contributed by atoms with Crippen molar-refractivity contribution in [1.82, 2.24) is 0 Å². The fourth-order valence-electron chi connectivity index (χ4n) is 4.47. The second kappa shape index (κ2) is 4.42. The maximum atomic E-state index is 12.2. The summed E-state index contributed by atoms with van der Waals surface area (Å²) in [6, 6.07) is 0. The van der Waals surface area contributed by atoms with Crippen LogP contribution in [-0.4, -0.2) is 28.6 Å². The summed E-state index contributed by atoms with van der Waals surface area (Å²) >= 11 is 0. The number of esters is 1. The summed E-state index contributed by atoms with van der Waals surface area (Å²) in [5, 5.41) is 10.8. The molecule has 0 aromatic rings. The second-order valence-electron chi connectivity index (χ2n) is 6.54. The van der Waals surface area contributed by atoms with Crippen molar-refractivity contribution >= 4 is 11.8 Å². The number of fused-ring (bicyclic) bond motifs is 1. The molecule has 0 spiro atoms. The molecule has 3 aliphatic rings. The largest absolute Gasteiger partial charge is 0.457 e. The lowest BCUT2D eigenvalue weighted by Gasteiger charge is -2.55. The quantitative estimate of drug-likeness (QED) is 0.633. The third-order valence-corrected chi connectivity index (χ3v) is 5.67. The average Bonchev–Trinajstić information content (AvgIpc) is 2.62. The molecule has 5 unspecified atom stereocenters. The molecule has 4 nitrogen and oxygen atoms in total. The zero-order chi connectivity index (χ0) is 14.5. The third-order valence-electron chi connectivity index (χ3n) is 5.67. The van der Waals surface area contributed by atoms with Crippen molar-refractivity contribution in [3.63, 3.8) is 0 Å². The molecular formula is C16H22O4. The van der Waals surface area contributed by atoms with Crippen molar-refractivity contribution in [1.29, 1.82) is 0 Å². The van der Waals surface area contributed by atoms with Gasteiger partial charge < -0.3 is 9.84 Å². The number of allylic oxidation sites excluding steroid dienone is 1. The standard InChI is InChI=1S/C16H22O4/c1-3-11-12(17)9-16(14(19)20-15(11,16)2)13(18)10-7-5-4-6-8-10/h5,7,10-11,13,18H,3-4,6,8-9H2,1-2H3. The maximum Gasteiger partial charge on any atom is 0.319 e. The van der Waals surface area contributed by atoms with Gasteiger partial charge in [0, 0.05) is 12.3 Å². The Hall–Kier alpha value is -1.16.